The molecule has 0 saturated heterocycles. The average molecular weight is 125 g/mol. The molecule has 9 heavy (non-hydrogen) atoms. The molecule has 1 rings (SSSR count). The zero-order valence-corrected chi connectivity index (χ0v) is 6.61. The van der Waals surface area contributed by atoms with Gasteiger partial charge in [0.1, 0.15) is 0 Å². The standard InChI is InChI=1S/C9H17/c1-3-8(2)4-5-9-6-7-9/h9H,3-7H2,1-2H3/q-1. The van der Waals surface area contributed by atoms with Crippen LogP contribution in [0.5, 0.6) is 0 Å². The van der Waals surface area contributed by atoms with E-state index in [9.17, 15) is 0 Å². The lowest BCUT2D eigenvalue weighted by molar-refractivity contribution is 0.651. The largest absolute Gasteiger partial charge is 0.317 e. The molecule has 0 atom stereocenters. The first-order valence-corrected chi connectivity index (χ1v) is 4.14. The Morgan fingerprint density at radius 1 is 1.44 bits per heavy atom. The normalized spacial score (nSPS) is 19.0. The summed E-state index contributed by atoms with van der Waals surface area (Å²) < 4.78 is 0. The maximum absolute atomic E-state index is 2.28. The van der Waals surface area contributed by atoms with Gasteiger partial charge in [-0.1, -0.05) is 26.2 Å². The summed E-state index contributed by atoms with van der Waals surface area (Å²) >= 11 is 0. The SMILES string of the molecule is CC[C-](C)CCC1CC1. The molecule has 0 nitrogen and oxygen atoms in total. The van der Waals surface area contributed by atoms with Gasteiger partial charge in [0, 0.05) is 0 Å². The van der Waals surface area contributed by atoms with E-state index in [4.69, 9.17) is 0 Å². The lowest BCUT2D eigenvalue weighted by Crippen LogP contribution is -1.89. The molecule has 1 aliphatic rings. The summed E-state index contributed by atoms with van der Waals surface area (Å²) in [4.78, 5) is 0. The lowest BCUT2D eigenvalue weighted by atomic mass is 10.0. The molecule has 54 valence electrons. The number of hydrogen-bond donors (Lipinski definition) is 0. The van der Waals surface area contributed by atoms with E-state index in [1.807, 2.05) is 0 Å². The Labute approximate surface area is 58.7 Å². The van der Waals surface area contributed by atoms with E-state index in [1.165, 1.54) is 32.1 Å². The van der Waals surface area contributed by atoms with E-state index < -0.39 is 0 Å². The fourth-order valence-electron chi connectivity index (χ4n) is 1.03. The quantitative estimate of drug-likeness (QED) is 0.506. The smallest absolute Gasteiger partial charge is 0.0438 e. The zero-order chi connectivity index (χ0) is 6.69. The summed E-state index contributed by atoms with van der Waals surface area (Å²) in [6.45, 7) is 4.53. The first-order chi connectivity index (χ1) is 4.33. The molecular formula is C9H17-. The van der Waals surface area contributed by atoms with Crippen molar-refractivity contribution < 1.29 is 0 Å². The van der Waals surface area contributed by atoms with Crippen LogP contribution in [0.15, 0.2) is 0 Å². The van der Waals surface area contributed by atoms with Crippen LogP contribution in [0.2, 0.25) is 0 Å². The molecule has 1 fully saturated rings. The van der Waals surface area contributed by atoms with Crippen LogP contribution < -0.4 is 0 Å². The molecule has 0 N–H and O–H groups in total. The highest BCUT2D eigenvalue weighted by molar-refractivity contribution is 4.85. The Kier molecular flexibility index (Phi) is 2.56. The average Bonchev–Trinajstić information content (AvgIpc) is 2.65. The van der Waals surface area contributed by atoms with Gasteiger partial charge in [0.15, 0.2) is 0 Å². The van der Waals surface area contributed by atoms with E-state index in [1.54, 1.807) is 5.92 Å². The van der Waals surface area contributed by atoms with Crippen molar-refractivity contribution in [2.24, 2.45) is 5.92 Å². The molecule has 0 radical (unpaired) electrons. The van der Waals surface area contributed by atoms with E-state index in [-0.39, 0.29) is 0 Å². The van der Waals surface area contributed by atoms with Crippen LogP contribution in [0.1, 0.15) is 46.0 Å². The highest BCUT2D eigenvalue weighted by Crippen LogP contribution is 2.35. The molecule has 0 amide bonds. The Morgan fingerprint density at radius 3 is 2.56 bits per heavy atom. The summed E-state index contributed by atoms with van der Waals surface area (Å²) in [5.41, 5.74) is 0. The Hall–Kier alpha value is 0. The van der Waals surface area contributed by atoms with Crippen LogP contribution in [-0.4, -0.2) is 0 Å². The van der Waals surface area contributed by atoms with Gasteiger partial charge in [-0.15, -0.1) is 0 Å². The highest BCUT2D eigenvalue weighted by atomic mass is 14.3. The Bertz CT molecular complexity index is 72.1. The van der Waals surface area contributed by atoms with E-state index in [2.05, 4.69) is 13.8 Å². The fourth-order valence-corrected chi connectivity index (χ4v) is 1.03. The Balaban J connectivity index is 1.90. The van der Waals surface area contributed by atoms with Crippen LogP contribution in [0, 0.1) is 11.8 Å². The van der Waals surface area contributed by atoms with Gasteiger partial charge in [-0.25, -0.2) is 0 Å². The maximum Gasteiger partial charge on any atom is -0.0438 e. The van der Waals surface area contributed by atoms with Crippen LogP contribution in [0.25, 0.3) is 0 Å². The molecular weight excluding hydrogens is 108 g/mol. The molecule has 0 unspecified atom stereocenters. The second kappa shape index (κ2) is 3.24. The summed E-state index contributed by atoms with van der Waals surface area (Å²) in [7, 11) is 0. The number of hydrogen-bond acceptors (Lipinski definition) is 0. The topological polar surface area (TPSA) is 0 Å². The van der Waals surface area contributed by atoms with E-state index in [0.29, 0.717) is 0 Å². The molecule has 0 spiro atoms. The fraction of sp³-hybridized carbons (Fsp3) is 0.889. The molecule has 0 aromatic heterocycles. The monoisotopic (exact) mass is 125 g/mol. The highest BCUT2D eigenvalue weighted by Gasteiger charge is 2.18. The molecule has 0 bridgehead atoms. The van der Waals surface area contributed by atoms with Crippen LogP contribution in [0.4, 0.5) is 0 Å². The third-order valence-electron chi connectivity index (χ3n) is 2.28. The minimum Gasteiger partial charge on any atom is -0.317 e. The van der Waals surface area contributed by atoms with Crippen molar-refractivity contribution in [3.63, 3.8) is 0 Å². The second-order valence-corrected chi connectivity index (χ2v) is 3.29. The van der Waals surface area contributed by atoms with E-state index >= 15 is 0 Å². The first kappa shape index (κ1) is 7.11. The van der Waals surface area contributed by atoms with Crippen molar-refractivity contribution in [3.05, 3.63) is 5.92 Å². The van der Waals surface area contributed by atoms with Gasteiger partial charge < -0.3 is 5.92 Å². The van der Waals surface area contributed by atoms with Crippen molar-refractivity contribution in [2.75, 3.05) is 0 Å². The summed E-state index contributed by atoms with van der Waals surface area (Å²) in [6, 6.07) is 0. The van der Waals surface area contributed by atoms with Gasteiger partial charge in [0.05, 0.1) is 0 Å². The molecule has 1 saturated carbocycles. The second-order valence-electron chi connectivity index (χ2n) is 3.29. The van der Waals surface area contributed by atoms with Gasteiger partial charge in [-0.05, 0) is 5.92 Å². The van der Waals surface area contributed by atoms with Crippen molar-refractivity contribution in [3.8, 4) is 0 Å². The van der Waals surface area contributed by atoms with Gasteiger partial charge >= 0.3 is 0 Å². The van der Waals surface area contributed by atoms with Crippen LogP contribution in [-0.2, 0) is 0 Å². The molecule has 0 aromatic carbocycles. The minimum absolute atomic E-state index is 1.12. The van der Waals surface area contributed by atoms with Crippen molar-refractivity contribution in [1.82, 2.24) is 0 Å². The van der Waals surface area contributed by atoms with E-state index in [0.717, 1.165) is 5.92 Å². The van der Waals surface area contributed by atoms with Gasteiger partial charge in [-0.3, -0.25) is 0 Å². The maximum atomic E-state index is 2.28. The minimum atomic E-state index is 1.12. The van der Waals surface area contributed by atoms with Crippen molar-refractivity contribution in [2.45, 2.75) is 46.0 Å². The predicted molar refractivity (Wildman–Crippen MR) is 41.2 cm³/mol. The molecule has 1 aliphatic carbocycles. The molecule has 0 aliphatic heterocycles. The first-order valence-electron chi connectivity index (χ1n) is 4.14. The summed E-state index contributed by atoms with van der Waals surface area (Å²) in [6.07, 6.45) is 7.17. The van der Waals surface area contributed by atoms with Gasteiger partial charge in [-0.2, -0.15) is 19.8 Å². The Morgan fingerprint density at radius 2 is 2.11 bits per heavy atom. The third kappa shape index (κ3) is 2.88. The predicted octanol–water partition coefficient (Wildman–Crippen LogP) is 3.18. The number of rotatable bonds is 4. The van der Waals surface area contributed by atoms with Crippen molar-refractivity contribution in [1.29, 1.82) is 0 Å². The molecule has 0 heteroatoms. The van der Waals surface area contributed by atoms with Gasteiger partial charge in [0.2, 0.25) is 0 Å². The summed E-state index contributed by atoms with van der Waals surface area (Å²) in [5.74, 6) is 2.80. The van der Waals surface area contributed by atoms with Crippen molar-refractivity contribution >= 4 is 0 Å². The summed E-state index contributed by atoms with van der Waals surface area (Å²) in [5, 5.41) is 0. The zero-order valence-electron chi connectivity index (χ0n) is 6.61. The van der Waals surface area contributed by atoms with Crippen LogP contribution >= 0.6 is 0 Å². The third-order valence-corrected chi connectivity index (χ3v) is 2.28. The van der Waals surface area contributed by atoms with Gasteiger partial charge in [0.25, 0.3) is 0 Å². The molecule has 0 aromatic rings. The lowest BCUT2D eigenvalue weighted by Gasteiger charge is -2.20. The molecule has 0 heterocycles. The van der Waals surface area contributed by atoms with Crippen LogP contribution in [0.3, 0.4) is 0 Å².